The van der Waals surface area contributed by atoms with Gasteiger partial charge in [0, 0.05) is 18.1 Å². The Kier molecular flexibility index (Phi) is 1.93. The van der Waals surface area contributed by atoms with E-state index in [1.807, 2.05) is 17.5 Å². The molecule has 0 aromatic carbocycles. The third kappa shape index (κ3) is 1.28. The van der Waals surface area contributed by atoms with Gasteiger partial charge in [-0.05, 0) is 6.92 Å². The second kappa shape index (κ2) is 3.31. The maximum Gasteiger partial charge on any atom is 0.278 e. The van der Waals surface area contributed by atoms with Gasteiger partial charge in [0.25, 0.3) is 11.8 Å². The molecule has 6 nitrogen and oxygen atoms in total. The zero-order valence-corrected chi connectivity index (χ0v) is 9.24. The highest BCUT2D eigenvalue weighted by Crippen LogP contribution is 2.23. The smallest absolute Gasteiger partial charge is 0.278 e. The van der Waals surface area contributed by atoms with Crippen LogP contribution in [0.25, 0.3) is 4.96 Å². The van der Waals surface area contributed by atoms with E-state index >= 15 is 0 Å². The Balaban J connectivity index is 2.08. The summed E-state index contributed by atoms with van der Waals surface area (Å²) in [6.07, 6.45) is 3.63. The van der Waals surface area contributed by atoms with Gasteiger partial charge in [0.1, 0.15) is 4.88 Å². The van der Waals surface area contributed by atoms with Gasteiger partial charge in [-0.3, -0.25) is 9.20 Å². The van der Waals surface area contributed by atoms with Crippen molar-refractivity contribution in [1.82, 2.24) is 14.8 Å². The highest BCUT2D eigenvalue weighted by Gasteiger charge is 2.20. The second-order valence-electron chi connectivity index (χ2n) is 3.34. The Bertz CT molecular complexity index is 598. The second-order valence-corrected chi connectivity index (χ2v) is 4.31. The van der Waals surface area contributed by atoms with Gasteiger partial charge in [-0.1, -0.05) is 11.3 Å². The lowest BCUT2D eigenvalue weighted by atomic mass is 10.4. The average Bonchev–Trinajstić information content (AvgIpc) is 2.84. The summed E-state index contributed by atoms with van der Waals surface area (Å²) in [6.45, 7) is 1.97. The van der Waals surface area contributed by atoms with Crippen LogP contribution in [0, 0.1) is 6.92 Å². The monoisotopic (exact) mass is 236 g/mol. The van der Waals surface area contributed by atoms with Gasteiger partial charge in [0.2, 0.25) is 0 Å². The maximum atomic E-state index is 10.9. The zero-order chi connectivity index (χ0) is 11.1. The van der Waals surface area contributed by atoms with Crippen LogP contribution in [0.3, 0.4) is 0 Å². The summed E-state index contributed by atoms with van der Waals surface area (Å²) in [6, 6.07) is 0. The maximum absolute atomic E-state index is 10.9. The first-order valence-corrected chi connectivity index (χ1v) is 5.49. The van der Waals surface area contributed by atoms with Gasteiger partial charge in [-0.15, -0.1) is 5.10 Å². The standard InChI is InChI=1S/C9H8N4O2S/c1-5-7(8-12-11-6(14)4-15-8)16-9-10-2-3-13(5)9/h2-3H,4H2,1H3,(H,11,14). The number of amides is 1. The number of carbonyl (C=O) groups is 1. The van der Waals surface area contributed by atoms with Crippen LogP contribution in [0.2, 0.25) is 0 Å². The third-order valence-electron chi connectivity index (χ3n) is 2.31. The first kappa shape index (κ1) is 9.34. The van der Waals surface area contributed by atoms with Crippen molar-refractivity contribution in [1.29, 1.82) is 0 Å². The van der Waals surface area contributed by atoms with Crippen LogP contribution in [0.1, 0.15) is 10.6 Å². The SMILES string of the molecule is Cc1c(C2=NNC(=O)CO2)sc2nccn12. The van der Waals surface area contributed by atoms with Gasteiger partial charge in [0.15, 0.2) is 11.6 Å². The molecule has 0 aliphatic carbocycles. The summed E-state index contributed by atoms with van der Waals surface area (Å²) < 4.78 is 7.22. The molecule has 3 rings (SSSR count). The van der Waals surface area contributed by atoms with E-state index in [-0.39, 0.29) is 12.5 Å². The average molecular weight is 236 g/mol. The molecule has 1 N–H and O–H groups in total. The molecule has 0 radical (unpaired) electrons. The lowest BCUT2D eigenvalue weighted by molar-refractivity contribution is -0.124. The summed E-state index contributed by atoms with van der Waals surface area (Å²) in [5.74, 6) is 0.218. The fourth-order valence-electron chi connectivity index (χ4n) is 1.52. The molecule has 2 aromatic heterocycles. The van der Waals surface area contributed by atoms with Crippen LogP contribution in [-0.2, 0) is 9.53 Å². The third-order valence-corrected chi connectivity index (χ3v) is 3.47. The Morgan fingerprint density at radius 3 is 3.19 bits per heavy atom. The van der Waals surface area contributed by atoms with E-state index in [0.29, 0.717) is 5.90 Å². The number of hydrazone groups is 1. The van der Waals surface area contributed by atoms with Crippen LogP contribution in [0.15, 0.2) is 17.5 Å². The predicted molar refractivity (Wildman–Crippen MR) is 58.4 cm³/mol. The Hall–Kier alpha value is -1.89. The van der Waals surface area contributed by atoms with Gasteiger partial charge in [0.05, 0.1) is 0 Å². The van der Waals surface area contributed by atoms with E-state index in [1.54, 1.807) is 6.20 Å². The molecule has 2 aromatic rings. The van der Waals surface area contributed by atoms with E-state index in [1.165, 1.54) is 11.3 Å². The summed E-state index contributed by atoms with van der Waals surface area (Å²) in [7, 11) is 0. The minimum absolute atomic E-state index is 0.0124. The molecule has 0 bridgehead atoms. The highest BCUT2D eigenvalue weighted by atomic mass is 32.1. The first-order valence-electron chi connectivity index (χ1n) is 4.68. The lowest BCUT2D eigenvalue weighted by Gasteiger charge is -2.12. The van der Waals surface area contributed by atoms with Crippen LogP contribution >= 0.6 is 11.3 Å². The topological polar surface area (TPSA) is 68.0 Å². The van der Waals surface area contributed by atoms with E-state index in [9.17, 15) is 4.79 Å². The van der Waals surface area contributed by atoms with Crippen molar-refractivity contribution in [3.63, 3.8) is 0 Å². The molecular formula is C9H8N4O2S. The quantitative estimate of drug-likeness (QED) is 0.784. The fourth-order valence-corrected chi connectivity index (χ4v) is 2.55. The molecule has 82 valence electrons. The van der Waals surface area contributed by atoms with Gasteiger partial charge in [-0.2, -0.15) is 0 Å². The molecule has 1 amide bonds. The molecule has 0 unspecified atom stereocenters. The van der Waals surface area contributed by atoms with Crippen molar-refractivity contribution in [2.75, 3.05) is 6.61 Å². The van der Waals surface area contributed by atoms with Gasteiger partial charge in [-0.25, -0.2) is 10.4 Å². The Morgan fingerprint density at radius 2 is 2.50 bits per heavy atom. The summed E-state index contributed by atoms with van der Waals surface area (Å²) in [5.41, 5.74) is 3.40. The summed E-state index contributed by atoms with van der Waals surface area (Å²) in [5, 5.41) is 3.88. The molecule has 7 heteroatoms. The van der Waals surface area contributed by atoms with Crippen molar-refractivity contribution < 1.29 is 9.53 Å². The van der Waals surface area contributed by atoms with E-state index in [4.69, 9.17) is 4.74 Å². The van der Waals surface area contributed by atoms with Gasteiger partial charge < -0.3 is 4.74 Å². The van der Waals surface area contributed by atoms with Crippen LogP contribution in [0.5, 0.6) is 0 Å². The molecule has 1 aliphatic rings. The first-order chi connectivity index (χ1) is 7.75. The summed E-state index contributed by atoms with van der Waals surface area (Å²) >= 11 is 1.48. The molecule has 0 saturated heterocycles. The van der Waals surface area contributed by atoms with Gasteiger partial charge >= 0.3 is 0 Å². The Morgan fingerprint density at radius 1 is 1.62 bits per heavy atom. The molecule has 0 atom stereocenters. The largest absolute Gasteiger partial charge is 0.465 e. The number of hydrogen-bond acceptors (Lipinski definition) is 5. The molecular weight excluding hydrogens is 228 g/mol. The number of nitrogens with one attached hydrogen (secondary N) is 1. The summed E-state index contributed by atoms with van der Waals surface area (Å²) in [4.78, 5) is 16.9. The number of aryl methyl sites for hydroxylation is 1. The number of carbonyl (C=O) groups excluding carboxylic acids is 1. The minimum atomic E-state index is -0.234. The van der Waals surface area contributed by atoms with Crippen molar-refractivity contribution in [2.24, 2.45) is 5.10 Å². The van der Waals surface area contributed by atoms with Crippen LogP contribution in [-0.4, -0.2) is 27.8 Å². The molecule has 0 saturated carbocycles. The number of imidazole rings is 1. The molecule has 0 spiro atoms. The van der Waals surface area contributed by atoms with E-state index in [0.717, 1.165) is 15.5 Å². The highest BCUT2D eigenvalue weighted by molar-refractivity contribution is 7.19. The normalized spacial score (nSPS) is 15.8. The number of ether oxygens (including phenoxy) is 1. The fraction of sp³-hybridized carbons (Fsp3) is 0.222. The molecule has 16 heavy (non-hydrogen) atoms. The van der Waals surface area contributed by atoms with Crippen LogP contribution in [0.4, 0.5) is 0 Å². The number of nitrogens with zero attached hydrogens (tertiary/aromatic N) is 3. The van der Waals surface area contributed by atoms with Crippen LogP contribution < -0.4 is 5.43 Å². The molecule has 3 heterocycles. The zero-order valence-electron chi connectivity index (χ0n) is 8.43. The molecule has 0 fully saturated rings. The number of aromatic nitrogens is 2. The number of hydrogen-bond donors (Lipinski definition) is 1. The van der Waals surface area contributed by atoms with Crippen molar-refractivity contribution in [3.05, 3.63) is 23.0 Å². The van der Waals surface area contributed by atoms with Crippen molar-refractivity contribution in [2.45, 2.75) is 6.92 Å². The predicted octanol–water partition coefficient (Wildman–Crippen LogP) is 0.512. The Labute approximate surface area is 94.6 Å². The molecule has 1 aliphatic heterocycles. The number of rotatable bonds is 1. The van der Waals surface area contributed by atoms with Crippen molar-refractivity contribution >= 4 is 28.1 Å². The number of thiazole rings is 1. The van der Waals surface area contributed by atoms with Crippen molar-refractivity contribution in [3.8, 4) is 0 Å². The van der Waals surface area contributed by atoms with E-state index in [2.05, 4.69) is 15.5 Å². The lowest BCUT2D eigenvalue weighted by Crippen LogP contribution is -2.32. The number of fused-ring (bicyclic) bond motifs is 1. The van der Waals surface area contributed by atoms with E-state index < -0.39 is 0 Å². The minimum Gasteiger partial charge on any atom is -0.465 e.